The van der Waals surface area contributed by atoms with E-state index in [2.05, 4.69) is 58.7 Å². The van der Waals surface area contributed by atoms with E-state index in [0.717, 1.165) is 66.7 Å². The van der Waals surface area contributed by atoms with Crippen molar-refractivity contribution in [2.45, 2.75) is 6.54 Å². The number of pyridine rings is 1. The van der Waals surface area contributed by atoms with Gasteiger partial charge in [-0.3, -0.25) is 4.90 Å². The average Bonchev–Trinajstić information content (AvgIpc) is 3.21. The van der Waals surface area contributed by atoms with E-state index in [0.29, 0.717) is 5.95 Å². The molecule has 3 aromatic heterocycles. The SMILES string of the molecule is CN(C)c1cc(-c2ccc3nc(Nc4cc(CN5CCNCC5)ccn4)[nH]c3c2)ncn1. The van der Waals surface area contributed by atoms with Crippen LogP contribution in [-0.4, -0.2) is 70.1 Å². The number of aromatic amines is 1. The Kier molecular flexibility index (Phi) is 5.66. The minimum atomic E-state index is 0.667. The van der Waals surface area contributed by atoms with Crippen LogP contribution in [0.5, 0.6) is 0 Å². The molecular weight excluding hydrogens is 402 g/mol. The highest BCUT2D eigenvalue weighted by atomic mass is 15.2. The second-order valence-corrected chi connectivity index (χ2v) is 8.17. The zero-order valence-electron chi connectivity index (χ0n) is 18.3. The fraction of sp³-hybridized carbons (Fsp3) is 0.304. The highest BCUT2D eigenvalue weighted by Crippen LogP contribution is 2.25. The van der Waals surface area contributed by atoms with Gasteiger partial charge in [-0.2, -0.15) is 0 Å². The van der Waals surface area contributed by atoms with Gasteiger partial charge in [0.15, 0.2) is 0 Å². The summed E-state index contributed by atoms with van der Waals surface area (Å²) in [6.07, 6.45) is 3.44. The molecule has 0 radical (unpaired) electrons. The van der Waals surface area contributed by atoms with Crippen molar-refractivity contribution in [3.8, 4) is 11.3 Å². The summed E-state index contributed by atoms with van der Waals surface area (Å²) in [7, 11) is 3.93. The summed E-state index contributed by atoms with van der Waals surface area (Å²) in [5.41, 5.74) is 4.94. The van der Waals surface area contributed by atoms with Gasteiger partial charge in [0, 0.05) is 64.6 Å². The Morgan fingerprint density at radius 1 is 1.03 bits per heavy atom. The molecule has 164 valence electrons. The van der Waals surface area contributed by atoms with Gasteiger partial charge >= 0.3 is 0 Å². The first kappa shape index (κ1) is 20.3. The molecule has 4 aromatic rings. The van der Waals surface area contributed by atoms with E-state index in [1.165, 1.54) is 5.56 Å². The van der Waals surface area contributed by atoms with Crippen LogP contribution in [0.3, 0.4) is 0 Å². The molecule has 1 fully saturated rings. The van der Waals surface area contributed by atoms with Crippen LogP contribution in [0.4, 0.5) is 17.6 Å². The van der Waals surface area contributed by atoms with E-state index < -0.39 is 0 Å². The number of fused-ring (bicyclic) bond motifs is 1. The fourth-order valence-electron chi connectivity index (χ4n) is 3.87. The van der Waals surface area contributed by atoms with Crippen molar-refractivity contribution in [2.24, 2.45) is 0 Å². The minimum absolute atomic E-state index is 0.667. The lowest BCUT2D eigenvalue weighted by Crippen LogP contribution is -2.42. The molecule has 0 saturated carbocycles. The third kappa shape index (κ3) is 4.53. The van der Waals surface area contributed by atoms with Crippen molar-refractivity contribution in [1.82, 2.24) is 35.1 Å². The number of nitrogens with one attached hydrogen (secondary N) is 3. The quantitative estimate of drug-likeness (QED) is 0.430. The fourth-order valence-corrected chi connectivity index (χ4v) is 3.87. The summed E-state index contributed by atoms with van der Waals surface area (Å²) in [6.45, 7) is 5.15. The van der Waals surface area contributed by atoms with Gasteiger partial charge < -0.3 is 20.5 Å². The van der Waals surface area contributed by atoms with Crippen LogP contribution in [0.15, 0.2) is 48.9 Å². The molecular formula is C23H27N9. The maximum atomic E-state index is 4.67. The second kappa shape index (κ2) is 8.89. The van der Waals surface area contributed by atoms with E-state index >= 15 is 0 Å². The van der Waals surface area contributed by atoms with Crippen LogP contribution in [0.25, 0.3) is 22.3 Å². The zero-order valence-corrected chi connectivity index (χ0v) is 18.3. The van der Waals surface area contributed by atoms with Crippen molar-refractivity contribution in [2.75, 3.05) is 50.5 Å². The minimum Gasteiger partial charge on any atom is -0.363 e. The Balaban J connectivity index is 1.34. The summed E-state index contributed by atoms with van der Waals surface area (Å²) >= 11 is 0. The summed E-state index contributed by atoms with van der Waals surface area (Å²) in [5.74, 6) is 2.32. The molecule has 0 aliphatic carbocycles. The Hall–Kier alpha value is -3.56. The number of anilines is 3. The maximum absolute atomic E-state index is 4.67. The number of hydrogen-bond donors (Lipinski definition) is 3. The molecule has 5 rings (SSSR count). The molecule has 0 unspecified atom stereocenters. The van der Waals surface area contributed by atoms with Crippen LogP contribution in [0.1, 0.15) is 5.56 Å². The number of imidazole rings is 1. The molecule has 1 saturated heterocycles. The molecule has 32 heavy (non-hydrogen) atoms. The van der Waals surface area contributed by atoms with Crippen LogP contribution >= 0.6 is 0 Å². The van der Waals surface area contributed by atoms with E-state index in [1.807, 2.05) is 43.4 Å². The molecule has 0 amide bonds. The number of aromatic nitrogens is 5. The second-order valence-electron chi connectivity index (χ2n) is 8.17. The highest BCUT2D eigenvalue weighted by Gasteiger charge is 2.11. The molecule has 3 N–H and O–H groups in total. The average molecular weight is 430 g/mol. The smallest absolute Gasteiger partial charge is 0.206 e. The van der Waals surface area contributed by atoms with Crippen molar-refractivity contribution >= 4 is 28.6 Å². The van der Waals surface area contributed by atoms with Gasteiger partial charge in [0.05, 0.1) is 16.7 Å². The van der Waals surface area contributed by atoms with Gasteiger partial charge in [0.1, 0.15) is 18.0 Å². The Bertz CT molecular complexity index is 1210. The molecule has 1 aromatic carbocycles. The molecule has 0 bridgehead atoms. The zero-order chi connectivity index (χ0) is 21.9. The van der Waals surface area contributed by atoms with Crippen LogP contribution in [0.2, 0.25) is 0 Å². The summed E-state index contributed by atoms with van der Waals surface area (Å²) < 4.78 is 0. The number of rotatable bonds is 6. The number of nitrogens with zero attached hydrogens (tertiary/aromatic N) is 6. The highest BCUT2D eigenvalue weighted by molar-refractivity contribution is 5.83. The molecule has 4 heterocycles. The van der Waals surface area contributed by atoms with E-state index in [4.69, 9.17) is 0 Å². The van der Waals surface area contributed by atoms with Crippen molar-refractivity contribution < 1.29 is 0 Å². The third-order valence-electron chi connectivity index (χ3n) is 5.58. The predicted octanol–water partition coefficient (Wildman–Crippen LogP) is 2.63. The van der Waals surface area contributed by atoms with E-state index in [1.54, 1.807) is 6.33 Å². The van der Waals surface area contributed by atoms with Crippen molar-refractivity contribution in [1.29, 1.82) is 0 Å². The first-order valence-electron chi connectivity index (χ1n) is 10.8. The van der Waals surface area contributed by atoms with Gasteiger partial charge in [0.25, 0.3) is 0 Å². The normalized spacial score (nSPS) is 14.6. The van der Waals surface area contributed by atoms with Gasteiger partial charge in [-0.25, -0.2) is 19.9 Å². The lowest BCUT2D eigenvalue weighted by molar-refractivity contribution is 0.233. The Labute approximate surface area is 186 Å². The molecule has 0 atom stereocenters. The standard InChI is InChI=1S/C23H27N9/c1-31(2)22-13-19(26-15-27-22)17-3-4-18-20(12-17)29-23(28-18)30-21-11-16(5-6-25-21)14-32-9-7-24-8-10-32/h3-6,11-13,15,24H,7-10,14H2,1-2H3,(H2,25,28,29,30). The van der Waals surface area contributed by atoms with Crippen LogP contribution in [-0.2, 0) is 6.54 Å². The molecule has 1 aliphatic heterocycles. The lowest BCUT2D eigenvalue weighted by Gasteiger charge is -2.27. The van der Waals surface area contributed by atoms with Gasteiger partial charge in [-0.05, 0) is 29.8 Å². The maximum Gasteiger partial charge on any atom is 0.206 e. The molecule has 9 nitrogen and oxygen atoms in total. The molecule has 0 spiro atoms. The summed E-state index contributed by atoms with van der Waals surface area (Å²) in [6, 6.07) is 12.2. The topological polar surface area (TPSA) is 97.9 Å². The van der Waals surface area contributed by atoms with Crippen molar-refractivity contribution in [3.05, 3.63) is 54.5 Å². The van der Waals surface area contributed by atoms with Gasteiger partial charge in [0.2, 0.25) is 5.95 Å². The Morgan fingerprint density at radius 3 is 2.75 bits per heavy atom. The number of benzene rings is 1. The van der Waals surface area contributed by atoms with Gasteiger partial charge in [-0.15, -0.1) is 0 Å². The van der Waals surface area contributed by atoms with E-state index in [-0.39, 0.29) is 0 Å². The number of piperazine rings is 1. The van der Waals surface area contributed by atoms with Crippen LogP contribution in [0, 0.1) is 0 Å². The Morgan fingerprint density at radius 2 is 1.91 bits per heavy atom. The lowest BCUT2D eigenvalue weighted by atomic mass is 10.1. The molecule has 9 heteroatoms. The molecule has 1 aliphatic rings. The monoisotopic (exact) mass is 429 g/mol. The van der Waals surface area contributed by atoms with Gasteiger partial charge in [-0.1, -0.05) is 6.07 Å². The first-order valence-corrected chi connectivity index (χ1v) is 10.8. The third-order valence-corrected chi connectivity index (χ3v) is 5.58. The van der Waals surface area contributed by atoms with Crippen molar-refractivity contribution in [3.63, 3.8) is 0 Å². The summed E-state index contributed by atoms with van der Waals surface area (Å²) in [4.78, 5) is 25.6. The largest absolute Gasteiger partial charge is 0.363 e. The first-order chi connectivity index (χ1) is 15.6. The summed E-state index contributed by atoms with van der Waals surface area (Å²) in [5, 5.41) is 6.70. The number of H-pyrrole nitrogens is 1. The van der Waals surface area contributed by atoms with Crippen LogP contribution < -0.4 is 15.5 Å². The predicted molar refractivity (Wildman–Crippen MR) is 127 cm³/mol. The number of hydrogen-bond acceptors (Lipinski definition) is 8. The van der Waals surface area contributed by atoms with E-state index in [9.17, 15) is 0 Å².